The Morgan fingerprint density at radius 2 is 1.59 bits per heavy atom. The zero-order valence-electron chi connectivity index (χ0n) is 21.6. The van der Waals surface area contributed by atoms with Gasteiger partial charge in [-0.1, -0.05) is 17.7 Å². The molecule has 1 aliphatic rings. The van der Waals surface area contributed by atoms with Gasteiger partial charge in [-0.25, -0.2) is 13.4 Å². The van der Waals surface area contributed by atoms with Crippen LogP contribution in [0.2, 0.25) is 0 Å². The second-order valence-corrected chi connectivity index (χ2v) is 12.4. The van der Waals surface area contributed by atoms with Crippen LogP contribution in [0.1, 0.15) is 31.2 Å². The predicted octanol–water partition coefficient (Wildman–Crippen LogP) is 5.16. The van der Waals surface area contributed by atoms with Gasteiger partial charge in [-0.2, -0.15) is 21.1 Å². The number of aryl methyl sites for hydroxylation is 1. The van der Waals surface area contributed by atoms with E-state index in [1.165, 1.54) is 5.56 Å². The Kier molecular flexibility index (Phi) is 9.42. The molecule has 0 atom stereocenters. The van der Waals surface area contributed by atoms with Gasteiger partial charge in [0.25, 0.3) is 0 Å². The molecule has 1 fully saturated rings. The Balaban J connectivity index is 1.35. The van der Waals surface area contributed by atoms with Crippen molar-refractivity contribution >= 4 is 44.9 Å². The van der Waals surface area contributed by atoms with Gasteiger partial charge in [-0.3, -0.25) is 0 Å². The lowest BCUT2D eigenvalue weighted by Gasteiger charge is -2.34. The van der Waals surface area contributed by atoms with Crippen molar-refractivity contribution in [3.63, 3.8) is 0 Å². The number of sulfonamides is 1. The van der Waals surface area contributed by atoms with E-state index in [1.807, 2.05) is 43.0 Å². The van der Waals surface area contributed by atoms with Crippen molar-refractivity contribution in [1.82, 2.24) is 19.6 Å². The molecule has 3 aromatic rings. The van der Waals surface area contributed by atoms with E-state index in [4.69, 9.17) is 0 Å². The van der Waals surface area contributed by atoms with Crippen molar-refractivity contribution < 1.29 is 8.42 Å². The average molecular weight is 541 g/mol. The first-order valence-corrected chi connectivity index (χ1v) is 15.4. The molecule has 3 N–H and O–H groups in total. The fraction of sp³-hybridized carbons (Fsp3) is 0.407. The first-order chi connectivity index (χ1) is 17.8. The van der Waals surface area contributed by atoms with Gasteiger partial charge in [-0.05, 0) is 81.3 Å². The van der Waals surface area contributed by atoms with Crippen LogP contribution in [0, 0.1) is 6.92 Å². The minimum atomic E-state index is -3.57. The lowest BCUT2D eigenvalue weighted by molar-refractivity contribution is 0.251. The zero-order valence-corrected chi connectivity index (χ0v) is 23.3. The third-order valence-electron chi connectivity index (χ3n) is 6.72. The number of nitrogens with one attached hydrogen (secondary N) is 3. The molecule has 1 saturated carbocycles. The second kappa shape index (κ2) is 12.7. The van der Waals surface area contributed by atoms with Gasteiger partial charge < -0.3 is 16.0 Å². The highest BCUT2D eigenvalue weighted by Crippen LogP contribution is 2.28. The molecule has 37 heavy (non-hydrogen) atoms. The fourth-order valence-electron chi connectivity index (χ4n) is 4.48. The maximum Gasteiger partial charge on any atom is 0.243 e. The lowest BCUT2D eigenvalue weighted by atomic mass is 9.91. The molecule has 1 aromatic heterocycles. The first-order valence-electron chi connectivity index (χ1n) is 12.6. The summed E-state index contributed by atoms with van der Waals surface area (Å²) in [7, 11) is -1.87. The Hall–Kier alpha value is -2.66. The molecule has 198 valence electrons. The number of hydrogen-bond donors (Lipinski definition) is 3. The van der Waals surface area contributed by atoms with Gasteiger partial charge in [0.05, 0.1) is 4.90 Å². The summed E-state index contributed by atoms with van der Waals surface area (Å²) in [5.74, 6) is 2.19. The van der Waals surface area contributed by atoms with E-state index >= 15 is 0 Å². The summed E-state index contributed by atoms with van der Waals surface area (Å²) in [4.78, 5) is 9.08. The molecule has 0 spiro atoms. The minimum Gasteiger partial charge on any atom is -0.340 e. The first kappa shape index (κ1) is 27.4. The largest absolute Gasteiger partial charge is 0.340 e. The second-order valence-electron chi connectivity index (χ2n) is 9.38. The summed E-state index contributed by atoms with van der Waals surface area (Å²) in [6, 6.07) is 17.1. The average Bonchev–Trinajstić information content (AvgIpc) is 2.91. The standard InChI is InChI=1S/C27H36N6O2S2/c1-20-4-6-22(7-5-20)30-26-16-17-29-27(32-26)31-23-10-14-25(15-11-23)37(34,35)33(2)24-12-8-21(9-13-24)28-18-19-36-3/h4-7,10-11,14-17,21,24,28H,8-9,12-13,18-19H2,1-3H3,(H2,29,30,31,32). The SMILES string of the molecule is CSCCNC1CCC(N(C)S(=O)(=O)c2ccc(Nc3nccc(Nc4ccc(C)cc4)n3)cc2)CC1. The van der Waals surface area contributed by atoms with E-state index in [1.54, 1.807) is 47.9 Å². The van der Waals surface area contributed by atoms with Gasteiger partial charge >= 0.3 is 0 Å². The van der Waals surface area contributed by atoms with Gasteiger partial charge in [0, 0.05) is 49.0 Å². The van der Waals surface area contributed by atoms with Crippen LogP contribution in [0.4, 0.5) is 23.1 Å². The molecule has 4 rings (SSSR count). The number of thioether (sulfide) groups is 1. The third kappa shape index (κ3) is 7.44. The predicted molar refractivity (Wildman–Crippen MR) is 154 cm³/mol. The van der Waals surface area contributed by atoms with Crippen LogP contribution in [0.25, 0.3) is 0 Å². The minimum absolute atomic E-state index is 0.0265. The zero-order chi connectivity index (χ0) is 26.3. The molecular formula is C27H36N6O2S2. The smallest absolute Gasteiger partial charge is 0.243 e. The molecule has 0 bridgehead atoms. The summed E-state index contributed by atoms with van der Waals surface area (Å²) in [5, 5.41) is 10.0. The van der Waals surface area contributed by atoms with E-state index in [9.17, 15) is 8.42 Å². The van der Waals surface area contributed by atoms with E-state index in [2.05, 4.69) is 32.2 Å². The topological polar surface area (TPSA) is 99.3 Å². The van der Waals surface area contributed by atoms with Crippen molar-refractivity contribution in [1.29, 1.82) is 0 Å². The van der Waals surface area contributed by atoms with Crippen molar-refractivity contribution in [2.45, 2.75) is 49.6 Å². The van der Waals surface area contributed by atoms with Gasteiger partial charge in [-0.15, -0.1) is 0 Å². The molecule has 1 heterocycles. The van der Waals surface area contributed by atoms with Gasteiger partial charge in [0.15, 0.2) is 0 Å². The molecule has 10 heteroatoms. The van der Waals surface area contributed by atoms with Crippen LogP contribution in [0.5, 0.6) is 0 Å². The number of benzene rings is 2. The summed E-state index contributed by atoms with van der Waals surface area (Å²) < 4.78 is 28.1. The normalized spacial score (nSPS) is 18.1. The summed E-state index contributed by atoms with van der Waals surface area (Å²) in [5.41, 5.74) is 2.84. The van der Waals surface area contributed by atoms with Crippen LogP contribution in [0.15, 0.2) is 65.7 Å². The van der Waals surface area contributed by atoms with Crippen molar-refractivity contribution in [3.8, 4) is 0 Å². The Bertz CT molecular complexity index is 1240. The highest BCUT2D eigenvalue weighted by molar-refractivity contribution is 7.98. The Morgan fingerprint density at radius 1 is 0.946 bits per heavy atom. The third-order valence-corrected chi connectivity index (χ3v) is 9.25. The van der Waals surface area contributed by atoms with Crippen LogP contribution in [0.3, 0.4) is 0 Å². The molecular weight excluding hydrogens is 504 g/mol. The molecule has 0 aliphatic heterocycles. The number of aromatic nitrogens is 2. The highest BCUT2D eigenvalue weighted by Gasteiger charge is 2.31. The van der Waals surface area contributed by atoms with Crippen molar-refractivity contribution in [2.24, 2.45) is 0 Å². The van der Waals surface area contributed by atoms with Crippen molar-refractivity contribution in [2.75, 3.05) is 36.2 Å². The maximum absolute atomic E-state index is 13.3. The number of hydrogen-bond acceptors (Lipinski definition) is 8. The number of anilines is 4. The molecule has 0 unspecified atom stereocenters. The Morgan fingerprint density at radius 3 is 2.27 bits per heavy atom. The molecule has 2 aromatic carbocycles. The molecule has 8 nitrogen and oxygen atoms in total. The van der Waals surface area contributed by atoms with Gasteiger partial charge in [0.1, 0.15) is 5.82 Å². The van der Waals surface area contributed by atoms with Gasteiger partial charge in [0.2, 0.25) is 16.0 Å². The van der Waals surface area contributed by atoms with Crippen molar-refractivity contribution in [3.05, 3.63) is 66.4 Å². The van der Waals surface area contributed by atoms with E-state index in [0.717, 1.165) is 43.7 Å². The van der Waals surface area contributed by atoms with Crippen LogP contribution >= 0.6 is 11.8 Å². The molecule has 0 saturated heterocycles. The summed E-state index contributed by atoms with van der Waals surface area (Å²) in [6.45, 7) is 3.05. The summed E-state index contributed by atoms with van der Waals surface area (Å²) >= 11 is 1.83. The maximum atomic E-state index is 13.3. The monoisotopic (exact) mass is 540 g/mol. The van der Waals surface area contributed by atoms with Crippen LogP contribution < -0.4 is 16.0 Å². The van der Waals surface area contributed by atoms with E-state index < -0.39 is 10.0 Å². The van der Waals surface area contributed by atoms with Crippen LogP contribution in [-0.4, -0.2) is 60.4 Å². The van der Waals surface area contributed by atoms with E-state index in [0.29, 0.717) is 23.5 Å². The quantitative estimate of drug-likeness (QED) is 0.287. The summed E-state index contributed by atoms with van der Waals surface area (Å²) in [6.07, 6.45) is 7.52. The Labute approximate surface area is 224 Å². The van der Waals surface area contributed by atoms with Crippen LogP contribution in [-0.2, 0) is 10.0 Å². The lowest BCUT2D eigenvalue weighted by Crippen LogP contribution is -2.43. The fourth-order valence-corrected chi connectivity index (χ4v) is 6.22. The molecule has 0 radical (unpaired) electrons. The number of nitrogens with zero attached hydrogens (tertiary/aromatic N) is 3. The molecule has 1 aliphatic carbocycles. The van der Waals surface area contributed by atoms with E-state index in [-0.39, 0.29) is 10.9 Å². The highest BCUT2D eigenvalue weighted by atomic mass is 32.2. The molecule has 0 amide bonds. The number of rotatable bonds is 11.